The topological polar surface area (TPSA) is 101 Å². The van der Waals surface area contributed by atoms with Gasteiger partial charge in [-0.05, 0) is 55.0 Å². The standard InChI is InChI=1S/C19H20N4O2/c1-2-3-17(24)22-15-7-9-18(23-19(15)21)25-16-8-4-12(11-20)10-14(16)13-5-6-13/h4,7-10,13H,2-3,5-6H2,1H3,(H2,21,23)(H,22,24). The number of nitriles is 1. The number of nitrogens with one attached hydrogen (secondary N) is 1. The largest absolute Gasteiger partial charge is 0.439 e. The van der Waals surface area contributed by atoms with E-state index in [2.05, 4.69) is 16.4 Å². The van der Waals surface area contributed by atoms with Crippen LogP contribution < -0.4 is 15.8 Å². The van der Waals surface area contributed by atoms with E-state index in [4.69, 9.17) is 15.7 Å². The minimum absolute atomic E-state index is 0.0900. The second-order valence-electron chi connectivity index (χ2n) is 6.12. The minimum atomic E-state index is -0.0900. The second kappa shape index (κ2) is 7.22. The van der Waals surface area contributed by atoms with E-state index in [9.17, 15) is 4.79 Å². The first-order valence-corrected chi connectivity index (χ1v) is 8.39. The lowest BCUT2D eigenvalue weighted by Gasteiger charge is -2.12. The van der Waals surface area contributed by atoms with Crippen molar-refractivity contribution < 1.29 is 9.53 Å². The van der Waals surface area contributed by atoms with E-state index in [1.165, 1.54) is 0 Å². The Hall–Kier alpha value is -3.07. The molecule has 3 N–H and O–H groups in total. The van der Waals surface area contributed by atoms with Gasteiger partial charge in [-0.2, -0.15) is 10.2 Å². The Morgan fingerprint density at radius 1 is 1.40 bits per heavy atom. The van der Waals surface area contributed by atoms with Gasteiger partial charge in [-0.3, -0.25) is 4.79 Å². The number of hydrogen-bond donors (Lipinski definition) is 2. The van der Waals surface area contributed by atoms with Gasteiger partial charge in [0.25, 0.3) is 0 Å². The number of hydrogen-bond acceptors (Lipinski definition) is 5. The van der Waals surface area contributed by atoms with Crippen LogP contribution >= 0.6 is 0 Å². The zero-order valence-electron chi connectivity index (χ0n) is 14.1. The SMILES string of the molecule is CCCC(=O)Nc1ccc(Oc2ccc(C#N)cc2C2CC2)nc1N. The molecule has 1 fully saturated rings. The van der Waals surface area contributed by atoms with Crippen LogP contribution in [0.4, 0.5) is 11.5 Å². The number of anilines is 2. The molecule has 0 atom stereocenters. The fraction of sp³-hybridized carbons (Fsp3) is 0.316. The summed E-state index contributed by atoms with van der Waals surface area (Å²) in [6.07, 6.45) is 3.41. The van der Waals surface area contributed by atoms with Crippen LogP contribution in [0.5, 0.6) is 11.6 Å². The van der Waals surface area contributed by atoms with E-state index in [1.807, 2.05) is 13.0 Å². The highest BCUT2D eigenvalue weighted by atomic mass is 16.5. The molecule has 1 saturated carbocycles. The third-order valence-corrected chi connectivity index (χ3v) is 4.02. The van der Waals surface area contributed by atoms with Crippen LogP contribution in [0, 0.1) is 11.3 Å². The van der Waals surface area contributed by atoms with Crippen molar-refractivity contribution in [2.45, 2.75) is 38.5 Å². The minimum Gasteiger partial charge on any atom is -0.439 e. The molecular weight excluding hydrogens is 316 g/mol. The molecule has 0 aliphatic heterocycles. The van der Waals surface area contributed by atoms with Crippen molar-refractivity contribution >= 4 is 17.4 Å². The Kier molecular flexibility index (Phi) is 4.85. The lowest BCUT2D eigenvalue weighted by atomic mass is 10.1. The average molecular weight is 336 g/mol. The van der Waals surface area contributed by atoms with Crippen molar-refractivity contribution in [3.05, 3.63) is 41.5 Å². The zero-order valence-corrected chi connectivity index (χ0v) is 14.1. The molecule has 6 nitrogen and oxygen atoms in total. The van der Waals surface area contributed by atoms with Gasteiger partial charge in [0.2, 0.25) is 11.8 Å². The quantitative estimate of drug-likeness (QED) is 0.832. The number of nitrogens with two attached hydrogens (primary N) is 1. The van der Waals surface area contributed by atoms with Gasteiger partial charge >= 0.3 is 0 Å². The van der Waals surface area contributed by atoms with Crippen molar-refractivity contribution in [1.29, 1.82) is 5.26 Å². The maximum Gasteiger partial charge on any atom is 0.224 e. The fourth-order valence-electron chi connectivity index (χ4n) is 2.60. The summed E-state index contributed by atoms with van der Waals surface area (Å²) in [6, 6.07) is 10.9. The monoisotopic (exact) mass is 336 g/mol. The Bertz CT molecular complexity index is 838. The van der Waals surface area contributed by atoms with Crippen molar-refractivity contribution in [2.24, 2.45) is 0 Å². The van der Waals surface area contributed by atoms with Crippen LogP contribution in [-0.4, -0.2) is 10.9 Å². The van der Waals surface area contributed by atoms with Gasteiger partial charge in [0.15, 0.2) is 5.82 Å². The average Bonchev–Trinajstić information content (AvgIpc) is 3.43. The third-order valence-electron chi connectivity index (χ3n) is 4.02. The third kappa shape index (κ3) is 4.07. The molecule has 1 heterocycles. The number of benzene rings is 1. The summed E-state index contributed by atoms with van der Waals surface area (Å²) in [6.45, 7) is 1.94. The summed E-state index contributed by atoms with van der Waals surface area (Å²) >= 11 is 0. The summed E-state index contributed by atoms with van der Waals surface area (Å²) in [5.74, 6) is 1.61. The van der Waals surface area contributed by atoms with E-state index >= 15 is 0 Å². The summed E-state index contributed by atoms with van der Waals surface area (Å²) in [7, 11) is 0. The molecule has 1 aliphatic rings. The first-order chi connectivity index (χ1) is 12.1. The molecule has 1 aromatic heterocycles. The maximum atomic E-state index is 11.7. The summed E-state index contributed by atoms with van der Waals surface area (Å²) in [5, 5.41) is 11.8. The van der Waals surface area contributed by atoms with Gasteiger partial charge in [-0.25, -0.2) is 0 Å². The van der Waals surface area contributed by atoms with E-state index in [0.717, 1.165) is 24.8 Å². The van der Waals surface area contributed by atoms with Gasteiger partial charge in [-0.15, -0.1) is 0 Å². The molecule has 0 bridgehead atoms. The van der Waals surface area contributed by atoms with Gasteiger partial charge < -0.3 is 15.8 Å². The number of nitrogens with zero attached hydrogens (tertiary/aromatic N) is 2. The van der Waals surface area contributed by atoms with Crippen LogP contribution in [0.15, 0.2) is 30.3 Å². The predicted octanol–water partition coefficient (Wildman–Crippen LogP) is 3.94. The number of ether oxygens (including phenoxy) is 1. The van der Waals surface area contributed by atoms with E-state index < -0.39 is 0 Å². The summed E-state index contributed by atoms with van der Waals surface area (Å²) < 4.78 is 5.89. The molecule has 25 heavy (non-hydrogen) atoms. The highest BCUT2D eigenvalue weighted by Gasteiger charge is 2.27. The number of carbonyl (C=O) groups is 1. The van der Waals surface area contributed by atoms with E-state index in [0.29, 0.717) is 35.2 Å². The normalized spacial score (nSPS) is 13.1. The molecule has 6 heteroatoms. The lowest BCUT2D eigenvalue weighted by Crippen LogP contribution is -2.12. The maximum absolute atomic E-state index is 11.7. The summed E-state index contributed by atoms with van der Waals surface area (Å²) in [4.78, 5) is 15.9. The molecule has 1 amide bonds. The Balaban J connectivity index is 1.79. The number of rotatable bonds is 6. The van der Waals surface area contributed by atoms with Gasteiger partial charge in [0, 0.05) is 12.5 Å². The van der Waals surface area contributed by atoms with Crippen LogP contribution in [0.1, 0.15) is 49.7 Å². The van der Waals surface area contributed by atoms with E-state index in [-0.39, 0.29) is 11.7 Å². The van der Waals surface area contributed by atoms with Crippen LogP contribution in [-0.2, 0) is 4.79 Å². The molecule has 0 unspecified atom stereocenters. The first-order valence-electron chi connectivity index (χ1n) is 8.39. The number of aromatic nitrogens is 1. The van der Waals surface area contributed by atoms with Crippen LogP contribution in [0.25, 0.3) is 0 Å². The van der Waals surface area contributed by atoms with Crippen molar-refractivity contribution in [3.8, 4) is 17.7 Å². The predicted molar refractivity (Wildman–Crippen MR) is 95.4 cm³/mol. The van der Waals surface area contributed by atoms with Crippen LogP contribution in [0.2, 0.25) is 0 Å². The molecule has 0 spiro atoms. The molecule has 0 radical (unpaired) electrons. The van der Waals surface area contributed by atoms with E-state index in [1.54, 1.807) is 24.3 Å². The number of nitrogen functional groups attached to an aromatic ring is 1. The molecule has 1 aliphatic carbocycles. The van der Waals surface area contributed by atoms with Crippen molar-refractivity contribution in [2.75, 3.05) is 11.1 Å². The Labute approximate surface area is 146 Å². The van der Waals surface area contributed by atoms with Crippen LogP contribution in [0.3, 0.4) is 0 Å². The Morgan fingerprint density at radius 2 is 2.20 bits per heavy atom. The number of carbonyl (C=O) groups excluding carboxylic acids is 1. The van der Waals surface area contributed by atoms with Crippen molar-refractivity contribution in [1.82, 2.24) is 4.98 Å². The highest BCUT2D eigenvalue weighted by molar-refractivity contribution is 5.93. The number of pyridine rings is 1. The van der Waals surface area contributed by atoms with Gasteiger partial charge in [-0.1, -0.05) is 6.92 Å². The summed E-state index contributed by atoms with van der Waals surface area (Å²) in [5.41, 5.74) is 8.05. The van der Waals surface area contributed by atoms with Crippen molar-refractivity contribution in [3.63, 3.8) is 0 Å². The molecule has 2 aromatic rings. The molecule has 128 valence electrons. The molecule has 3 rings (SSSR count). The van der Waals surface area contributed by atoms with Gasteiger partial charge in [0.1, 0.15) is 5.75 Å². The first kappa shape index (κ1) is 16.8. The second-order valence-corrected chi connectivity index (χ2v) is 6.12. The lowest BCUT2D eigenvalue weighted by molar-refractivity contribution is -0.116. The molecule has 0 saturated heterocycles. The fourth-order valence-corrected chi connectivity index (χ4v) is 2.60. The molecular formula is C19H20N4O2. The smallest absolute Gasteiger partial charge is 0.224 e. The molecule has 1 aromatic carbocycles. The zero-order chi connectivity index (χ0) is 17.8. The highest BCUT2D eigenvalue weighted by Crippen LogP contribution is 2.45. The number of amides is 1. The Morgan fingerprint density at radius 3 is 2.84 bits per heavy atom. The van der Waals surface area contributed by atoms with Gasteiger partial charge in [0.05, 0.1) is 17.3 Å².